The van der Waals surface area contributed by atoms with Crippen molar-refractivity contribution in [1.82, 2.24) is 4.98 Å². The number of benzene rings is 1. The van der Waals surface area contributed by atoms with Gasteiger partial charge in [-0.15, -0.1) is 0 Å². The minimum absolute atomic E-state index is 0.214. The monoisotopic (exact) mass is 279 g/mol. The second kappa shape index (κ2) is 5.68. The normalized spacial score (nSPS) is 12.5. The third-order valence-electron chi connectivity index (χ3n) is 2.92. The lowest BCUT2D eigenvalue weighted by molar-refractivity contribution is 0.177. The molecule has 0 saturated carbocycles. The summed E-state index contributed by atoms with van der Waals surface area (Å²) in [5.41, 5.74) is 2.87. The smallest absolute Gasteiger partial charge is 0.127 e. The summed E-state index contributed by atoms with van der Waals surface area (Å²) >= 11 is 5.70. The summed E-state index contributed by atoms with van der Waals surface area (Å²) in [6.07, 6.45) is -0.539. The average molecular weight is 280 g/mol. The van der Waals surface area contributed by atoms with Gasteiger partial charge in [0.15, 0.2) is 0 Å². The fourth-order valence-corrected chi connectivity index (χ4v) is 2.23. The van der Waals surface area contributed by atoms with Crippen molar-refractivity contribution in [3.63, 3.8) is 0 Å². The zero-order valence-corrected chi connectivity index (χ0v) is 11.6. The fourth-order valence-electron chi connectivity index (χ4n) is 2.07. The van der Waals surface area contributed by atoms with Crippen molar-refractivity contribution in [1.29, 1.82) is 0 Å². The molecule has 0 bridgehead atoms. The second-order valence-corrected chi connectivity index (χ2v) is 5.08. The number of rotatable bonds is 3. The molecule has 0 fully saturated rings. The van der Waals surface area contributed by atoms with E-state index < -0.39 is 11.9 Å². The topological polar surface area (TPSA) is 33.1 Å². The van der Waals surface area contributed by atoms with E-state index in [9.17, 15) is 9.50 Å². The van der Waals surface area contributed by atoms with Gasteiger partial charge in [0.1, 0.15) is 5.82 Å². The minimum Gasteiger partial charge on any atom is -0.388 e. The molecule has 1 atom stereocenters. The van der Waals surface area contributed by atoms with Crippen LogP contribution in [0.3, 0.4) is 0 Å². The van der Waals surface area contributed by atoms with Crippen LogP contribution < -0.4 is 0 Å². The molecule has 4 heteroatoms. The van der Waals surface area contributed by atoms with E-state index in [1.54, 1.807) is 12.1 Å². The number of hydrogen-bond acceptors (Lipinski definition) is 2. The van der Waals surface area contributed by atoms with Crippen LogP contribution in [0.5, 0.6) is 0 Å². The van der Waals surface area contributed by atoms with Gasteiger partial charge in [0.25, 0.3) is 0 Å². The van der Waals surface area contributed by atoms with Gasteiger partial charge in [-0.1, -0.05) is 17.7 Å². The third-order valence-corrected chi connectivity index (χ3v) is 3.15. The van der Waals surface area contributed by atoms with Crippen LogP contribution in [-0.4, -0.2) is 10.1 Å². The summed E-state index contributed by atoms with van der Waals surface area (Å²) in [4.78, 5) is 4.25. The van der Waals surface area contributed by atoms with E-state index in [-0.39, 0.29) is 6.42 Å². The molecule has 19 heavy (non-hydrogen) atoms. The van der Waals surface area contributed by atoms with Gasteiger partial charge in [-0.3, -0.25) is 4.98 Å². The molecule has 1 unspecified atom stereocenters. The molecule has 2 aromatic rings. The minimum atomic E-state index is -0.754. The van der Waals surface area contributed by atoms with E-state index >= 15 is 0 Å². The predicted molar refractivity (Wildman–Crippen MR) is 73.8 cm³/mol. The Kier molecular flexibility index (Phi) is 4.17. The predicted octanol–water partition coefficient (Wildman–Crippen LogP) is 3.77. The number of aromatic nitrogens is 1. The van der Waals surface area contributed by atoms with E-state index in [0.29, 0.717) is 10.6 Å². The number of halogens is 2. The molecule has 0 aliphatic rings. The highest BCUT2D eigenvalue weighted by Gasteiger charge is 2.13. The first-order valence-electron chi connectivity index (χ1n) is 6.03. The van der Waals surface area contributed by atoms with Gasteiger partial charge in [0.2, 0.25) is 0 Å². The first-order chi connectivity index (χ1) is 8.95. The summed E-state index contributed by atoms with van der Waals surface area (Å²) < 4.78 is 13.7. The van der Waals surface area contributed by atoms with Crippen molar-refractivity contribution in [3.05, 3.63) is 63.7 Å². The van der Waals surface area contributed by atoms with Crippen LogP contribution >= 0.6 is 11.6 Å². The Bertz CT molecular complexity index is 580. The summed E-state index contributed by atoms with van der Waals surface area (Å²) in [5.74, 6) is -0.394. The van der Waals surface area contributed by atoms with Crippen molar-refractivity contribution >= 4 is 11.6 Å². The van der Waals surface area contributed by atoms with Crippen LogP contribution in [0, 0.1) is 19.7 Å². The Balaban J connectivity index is 2.22. The van der Waals surface area contributed by atoms with E-state index in [4.69, 9.17) is 11.6 Å². The average Bonchev–Trinajstić information content (AvgIpc) is 2.31. The molecule has 1 N–H and O–H groups in total. The standard InChI is InChI=1S/C15H15ClFNO/c1-9-5-12(6-10(2)18-9)15(19)7-11-3-4-13(16)8-14(11)17/h3-6,8,15,19H,7H2,1-2H3. The fraction of sp³-hybridized carbons (Fsp3) is 0.267. The quantitative estimate of drug-likeness (QED) is 0.928. The molecule has 0 aliphatic heterocycles. The molecule has 100 valence electrons. The molecule has 0 aliphatic carbocycles. The van der Waals surface area contributed by atoms with Crippen molar-refractivity contribution in [2.24, 2.45) is 0 Å². The number of pyridine rings is 1. The van der Waals surface area contributed by atoms with Gasteiger partial charge >= 0.3 is 0 Å². The van der Waals surface area contributed by atoms with E-state index in [0.717, 1.165) is 17.0 Å². The zero-order chi connectivity index (χ0) is 14.0. The maximum Gasteiger partial charge on any atom is 0.127 e. The highest BCUT2D eigenvalue weighted by atomic mass is 35.5. The van der Waals surface area contributed by atoms with Gasteiger partial charge in [-0.2, -0.15) is 0 Å². The van der Waals surface area contributed by atoms with Crippen LogP contribution in [0.2, 0.25) is 5.02 Å². The van der Waals surface area contributed by atoms with Crippen LogP contribution in [0.1, 0.15) is 28.6 Å². The number of aliphatic hydroxyl groups excluding tert-OH is 1. The van der Waals surface area contributed by atoms with Gasteiger partial charge in [-0.25, -0.2) is 4.39 Å². The Labute approximate surface area is 116 Å². The molecule has 0 spiro atoms. The van der Waals surface area contributed by atoms with Crippen LogP contribution in [0.25, 0.3) is 0 Å². The first-order valence-corrected chi connectivity index (χ1v) is 6.40. The highest BCUT2D eigenvalue weighted by molar-refractivity contribution is 6.30. The summed E-state index contributed by atoms with van der Waals surface area (Å²) in [5, 5.41) is 10.5. The summed E-state index contributed by atoms with van der Waals surface area (Å²) in [7, 11) is 0. The van der Waals surface area contributed by atoms with Gasteiger partial charge in [-0.05, 0) is 49.2 Å². The molecule has 1 aromatic heterocycles. The second-order valence-electron chi connectivity index (χ2n) is 4.64. The molecule has 0 amide bonds. The SMILES string of the molecule is Cc1cc(C(O)Cc2ccc(Cl)cc2F)cc(C)n1. The molecule has 2 nitrogen and oxygen atoms in total. The number of hydrogen-bond donors (Lipinski definition) is 1. The summed E-state index contributed by atoms with van der Waals surface area (Å²) in [6.45, 7) is 3.73. The molecule has 2 rings (SSSR count). The summed E-state index contributed by atoms with van der Waals surface area (Å²) in [6, 6.07) is 8.10. The van der Waals surface area contributed by atoms with Gasteiger partial charge in [0, 0.05) is 22.8 Å². The number of nitrogens with zero attached hydrogens (tertiary/aromatic N) is 1. The maximum absolute atomic E-state index is 13.7. The number of aliphatic hydroxyl groups is 1. The van der Waals surface area contributed by atoms with Crippen LogP contribution in [0.15, 0.2) is 30.3 Å². The highest BCUT2D eigenvalue weighted by Crippen LogP contribution is 2.23. The molecule has 0 saturated heterocycles. The van der Waals surface area contributed by atoms with Crippen molar-refractivity contribution < 1.29 is 9.50 Å². The lowest BCUT2D eigenvalue weighted by atomic mass is 10.0. The first kappa shape index (κ1) is 14.0. The van der Waals surface area contributed by atoms with Crippen molar-refractivity contribution in [3.8, 4) is 0 Å². The zero-order valence-electron chi connectivity index (χ0n) is 10.8. The molecular formula is C15H15ClFNO. The number of aryl methyl sites for hydroxylation is 2. The van der Waals surface area contributed by atoms with E-state index in [2.05, 4.69) is 4.98 Å². The maximum atomic E-state index is 13.7. The largest absolute Gasteiger partial charge is 0.388 e. The Hall–Kier alpha value is -1.45. The molecule has 0 radical (unpaired) electrons. The van der Waals surface area contributed by atoms with Crippen molar-refractivity contribution in [2.75, 3.05) is 0 Å². The molecule has 1 aromatic carbocycles. The van der Waals surface area contributed by atoms with Gasteiger partial charge in [0.05, 0.1) is 6.10 Å². The Morgan fingerprint density at radius 1 is 1.21 bits per heavy atom. The Morgan fingerprint density at radius 2 is 1.84 bits per heavy atom. The van der Waals surface area contributed by atoms with Crippen molar-refractivity contribution in [2.45, 2.75) is 26.4 Å². The lowest BCUT2D eigenvalue weighted by Gasteiger charge is -2.13. The Morgan fingerprint density at radius 3 is 2.42 bits per heavy atom. The van der Waals surface area contributed by atoms with Crippen LogP contribution in [-0.2, 0) is 6.42 Å². The third kappa shape index (κ3) is 3.52. The van der Waals surface area contributed by atoms with E-state index in [1.165, 1.54) is 6.07 Å². The van der Waals surface area contributed by atoms with Crippen LogP contribution in [0.4, 0.5) is 4.39 Å². The van der Waals surface area contributed by atoms with E-state index in [1.807, 2.05) is 26.0 Å². The molecule has 1 heterocycles. The lowest BCUT2D eigenvalue weighted by Crippen LogP contribution is -2.05. The van der Waals surface area contributed by atoms with Gasteiger partial charge < -0.3 is 5.11 Å². The molecular weight excluding hydrogens is 265 g/mol.